The van der Waals surface area contributed by atoms with Gasteiger partial charge in [-0.05, 0) is 94.6 Å². The molecular weight excluding hydrogens is 505 g/mol. The first kappa shape index (κ1) is 27.8. The first-order valence-electron chi connectivity index (χ1n) is 13.9. The number of aryl methyl sites for hydroxylation is 1. The molecule has 9 heteroatoms. The highest BCUT2D eigenvalue weighted by molar-refractivity contribution is 6.45. The van der Waals surface area contributed by atoms with E-state index in [1.807, 2.05) is 39.8 Å². The summed E-state index contributed by atoms with van der Waals surface area (Å²) in [6.07, 6.45) is 3.71. The number of alkyl halides is 1. The van der Waals surface area contributed by atoms with Crippen molar-refractivity contribution in [2.24, 2.45) is 17.3 Å². The van der Waals surface area contributed by atoms with E-state index in [1.54, 1.807) is 4.90 Å². The maximum absolute atomic E-state index is 13.3. The first-order valence-corrected chi connectivity index (χ1v) is 14.5. The largest absolute Gasteiger partial charge is 0.486 e. The molecule has 0 aromatic heterocycles. The van der Waals surface area contributed by atoms with Crippen LogP contribution in [0.25, 0.3) is 0 Å². The Morgan fingerprint density at radius 1 is 1.18 bits per heavy atom. The van der Waals surface area contributed by atoms with Gasteiger partial charge in [-0.3, -0.25) is 4.79 Å². The highest BCUT2D eigenvalue weighted by Crippen LogP contribution is 2.65. The average Bonchev–Trinajstić information content (AvgIpc) is 3.14. The molecule has 208 valence electrons. The van der Waals surface area contributed by atoms with Crippen LogP contribution in [0.2, 0.25) is 6.32 Å². The molecule has 2 bridgehead atoms. The van der Waals surface area contributed by atoms with Crippen molar-refractivity contribution in [3.05, 3.63) is 28.8 Å². The van der Waals surface area contributed by atoms with Gasteiger partial charge in [-0.25, -0.2) is 4.79 Å². The van der Waals surface area contributed by atoms with Crippen molar-refractivity contribution in [2.75, 3.05) is 19.0 Å². The van der Waals surface area contributed by atoms with Crippen LogP contribution in [0, 0.1) is 24.2 Å². The lowest BCUT2D eigenvalue weighted by Crippen LogP contribution is -2.65. The maximum atomic E-state index is 13.3. The quantitative estimate of drug-likeness (QED) is 0.271. The molecule has 7 nitrogen and oxygen atoms in total. The fraction of sp³-hybridized carbons (Fsp3) is 0.724. The fourth-order valence-electron chi connectivity index (χ4n) is 7.01. The average molecular weight is 546 g/mol. The van der Waals surface area contributed by atoms with Crippen LogP contribution in [0.15, 0.2) is 12.1 Å². The molecule has 3 saturated carbocycles. The molecule has 5 aliphatic rings. The van der Waals surface area contributed by atoms with Crippen LogP contribution in [0.5, 0.6) is 5.75 Å². The van der Waals surface area contributed by atoms with Crippen LogP contribution in [0.1, 0.15) is 75.9 Å². The standard InChI is InChI=1S/C29H41BClNO6/c1-17-18(10-11-30-37-23-13-19-12-22(28(19,5)6)29(23,7)38-30)8-9-21(25(17)26(34)36-27(2,3)4)35-20-15-32(16-20)24(33)14-31/h8-9,19-20,22-23H,10-16H2,1-7H3/t19-,22-,23+,29-/m0/s1. The summed E-state index contributed by atoms with van der Waals surface area (Å²) >= 11 is 5.66. The summed E-state index contributed by atoms with van der Waals surface area (Å²) in [5.74, 6) is 1.16. The van der Waals surface area contributed by atoms with E-state index in [-0.39, 0.29) is 36.7 Å². The van der Waals surface area contributed by atoms with E-state index < -0.39 is 11.6 Å². The molecule has 0 unspecified atom stereocenters. The van der Waals surface area contributed by atoms with Crippen molar-refractivity contribution in [1.29, 1.82) is 0 Å². The SMILES string of the molecule is Cc1c(CCB2O[C@@H]3C[C@@H]4C[C@@H](C4(C)C)[C@]3(C)O2)ccc(OC2CN(C(=O)CCl)C2)c1C(=O)OC(C)(C)C. The van der Waals surface area contributed by atoms with Gasteiger partial charge in [-0.15, -0.1) is 11.6 Å². The summed E-state index contributed by atoms with van der Waals surface area (Å²) in [7, 11) is -0.249. The van der Waals surface area contributed by atoms with Crippen molar-refractivity contribution in [3.63, 3.8) is 0 Å². The van der Waals surface area contributed by atoms with Gasteiger partial charge >= 0.3 is 13.1 Å². The van der Waals surface area contributed by atoms with Crippen molar-refractivity contribution in [2.45, 2.75) is 97.5 Å². The van der Waals surface area contributed by atoms with Crippen LogP contribution in [0.4, 0.5) is 0 Å². The number of ether oxygens (including phenoxy) is 2. The summed E-state index contributed by atoms with van der Waals surface area (Å²) in [6.45, 7) is 15.4. The Bertz CT molecular complexity index is 1110. The summed E-state index contributed by atoms with van der Waals surface area (Å²) in [6, 6.07) is 3.87. The van der Waals surface area contributed by atoms with Crippen LogP contribution in [0.3, 0.4) is 0 Å². The second-order valence-corrected chi connectivity index (χ2v) is 13.6. The molecular formula is C29H41BClNO6. The number of carbonyl (C=O) groups is 2. The molecule has 0 spiro atoms. The smallest absolute Gasteiger partial charge is 0.457 e. The summed E-state index contributed by atoms with van der Waals surface area (Å²) < 4.78 is 25.0. The van der Waals surface area contributed by atoms with Gasteiger partial charge in [0.05, 0.1) is 24.8 Å². The first-order chi connectivity index (χ1) is 17.7. The fourth-order valence-corrected chi connectivity index (χ4v) is 7.18. The van der Waals surface area contributed by atoms with E-state index in [4.69, 9.17) is 30.4 Å². The summed E-state index contributed by atoms with van der Waals surface area (Å²) in [4.78, 5) is 26.8. The lowest BCUT2D eigenvalue weighted by atomic mass is 9.43. The minimum atomic E-state index is -0.636. The number of nitrogens with zero attached hydrogens (tertiary/aromatic N) is 1. The van der Waals surface area contributed by atoms with Gasteiger partial charge in [0, 0.05) is 0 Å². The molecule has 2 heterocycles. The third kappa shape index (κ3) is 4.86. The van der Waals surface area contributed by atoms with Crippen molar-refractivity contribution in [1.82, 2.24) is 4.90 Å². The summed E-state index contributed by atoms with van der Waals surface area (Å²) in [5, 5.41) is 0. The molecule has 6 rings (SSSR count). The van der Waals surface area contributed by atoms with Gasteiger partial charge in [-0.2, -0.15) is 0 Å². The Hall–Kier alpha value is -1.77. The number of carbonyl (C=O) groups excluding carboxylic acids is 2. The number of rotatable bonds is 7. The van der Waals surface area contributed by atoms with Gasteiger partial charge in [-0.1, -0.05) is 19.9 Å². The number of hydrogen-bond donors (Lipinski definition) is 0. The molecule has 38 heavy (non-hydrogen) atoms. The van der Waals surface area contributed by atoms with Crippen LogP contribution < -0.4 is 4.74 Å². The Balaban J connectivity index is 1.29. The molecule has 0 N–H and O–H groups in total. The molecule has 2 aliphatic heterocycles. The number of esters is 1. The number of likely N-dealkylation sites (tertiary alicyclic amines) is 1. The number of hydrogen-bond acceptors (Lipinski definition) is 6. The van der Waals surface area contributed by atoms with Crippen molar-refractivity contribution in [3.8, 4) is 5.75 Å². The molecule has 5 fully saturated rings. The maximum Gasteiger partial charge on any atom is 0.457 e. The van der Waals surface area contributed by atoms with Crippen molar-refractivity contribution >= 4 is 30.6 Å². The Morgan fingerprint density at radius 2 is 1.89 bits per heavy atom. The zero-order valence-corrected chi connectivity index (χ0v) is 24.5. The predicted octanol–water partition coefficient (Wildman–Crippen LogP) is 5.05. The second kappa shape index (κ2) is 9.70. The zero-order chi connectivity index (χ0) is 27.6. The lowest BCUT2D eigenvalue weighted by Gasteiger charge is -2.64. The van der Waals surface area contributed by atoms with E-state index in [9.17, 15) is 9.59 Å². The number of halogens is 1. The molecule has 0 radical (unpaired) electrons. The Morgan fingerprint density at radius 3 is 2.53 bits per heavy atom. The van der Waals surface area contributed by atoms with Crippen LogP contribution >= 0.6 is 11.6 Å². The van der Waals surface area contributed by atoms with Gasteiger partial charge < -0.3 is 23.7 Å². The minimum Gasteiger partial charge on any atom is -0.486 e. The van der Waals surface area contributed by atoms with Gasteiger partial charge in [0.25, 0.3) is 0 Å². The van der Waals surface area contributed by atoms with E-state index in [2.05, 4.69) is 20.8 Å². The molecule has 3 aliphatic carbocycles. The third-order valence-electron chi connectivity index (χ3n) is 9.40. The zero-order valence-electron chi connectivity index (χ0n) is 23.8. The van der Waals surface area contributed by atoms with Crippen LogP contribution in [-0.4, -0.2) is 66.3 Å². The molecule has 4 atom stereocenters. The van der Waals surface area contributed by atoms with E-state index in [0.29, 0.717) is 42.2 Å². The summed E-state index contributed by atoms with van der Waals surface area (Å²) in [5.41, 5.74) is 1.78. The Labute approximate surface area is 232 Å². The van der Waals surface area contributed by atoms with E-state index in [1.165, 1.54) is 6.42 Å². The highest BCUT2D eigenvalue weighted by atomic mass is 35.5. The topological polar surface area (TPSA) is 74.3 Å². The Kier molecular flexibility index (Phi) is 7.10. The molecule has 1 aromatic rings. The number of amides is 1. The van der Waals surface area contributed by atoms with Gasteiger partial charge in [0.1, 0.15) is 28.9 Å². The third-order valence-corrected chi connectivity index (χ3v) is 9.63. The molecule has 1 amide bonds. The van der Waals surface area contributed by atoms with E-state index >= 15 is 0 Å². The van der Waals surface area contributed by atoms with Gasteiger partial charge in [0.2, 0.25) is 5.91 Å². The molecule has 2 saturated heterocycles. The van der Waals surface area contributed by atoms with E-state index in [0.717, 1.165) is 29.8 Å². The lowest BCUT2D eigenvalue weighted by molar-refractivity contribution is -0.199. The number of benzene rings is 1. The van der Waals surface area contributed by atoms with Crippen molar-refractivity contribution < 1.29 is 28.4 Å². The molecule has 1 aromatic carbocycles. The minimum absolute atomic E-state index is 0.0446. The predicted molar refractivity (Wildman–Crippen MR) is 147 cm³/mol. The second-order valence-electron chi connectivity index (χ2n) is 13.3. The monoisotopic (exact) mass is 545 g/mol. The normalized spacial score (nSPS) is 29.8. The van der Waals surface area contributed by atoms with Crippen LogP contribution in [-0.2, 0) is 25.3 Å². The van der Waals surface area contributed by atoms with Gasteiger partial charge in [0.15, 0.2) is 0 Å². The highest BCUT2D eigenvalue weighted by Gasteiger charge is 2.67.